The second kappa shape index (κ2) is 8.60. The van der Waals surface area contributed by atoms with Gasteiger partial charge in [-0.15, -0.1) is 0 Å². The molecule has 1 N–H and O–H groups in total. The van der Waals surface area contributed by atoms with Gasteiger partial charge < -0.3 is 14.7 Å². The lowest BCUT2D eigenvalue weighted by Gasteiger charge is -2.37. The van der Waals surface area contributed by atoms with E-state index in [1.807, 2.05) is 0 Å². The monoisotopic (exact) mass is 350 g/mol. The molecule has 8 nitrogen and oxygen atoms in total. The van der Waals surface area contributed by atoms with E-state index in [1.165, 1.54) is 9.21 Å². The van der Waals surface area contributed by atoms with Gasteiger partial charge in [-0.3, -0.25) is 9.59 Å². The number of rotatable bonds is 8. The third-order valence-electron chi connectivity index (χ3n) is 3.79. The second-order valence-electron chi connectivity index (χ2n) is 5.81. The topological polar surface area (TPSA) is 104 Å². The molecule has 0 saturated carbocycles. The van der Waals surface area contributed by atoms with Gasteiger partial charge in [0.05, 0.1) is 11.9 Å². The SMILES string of the molecule is CCS(=O)(=O)N1CCC(N(CC(=O)O)C(=O)COC(C)C)CC1. The fourth-order valence-corrected chi connectivity index (χ4v) is 3.63. The van der Waals surface area contributed by atoms with Crippen LogP contribution in [0.2, 0.25) is 0 Å². The zero-order valence-corrected chi connectivity index (χ0v) is 14.7. The van der Waals surface area contributed by atoms with Gasteiger partial charge >= 0.3 is 5.97 Å². The van der Waals surface area contributed by atoms with Gasteiger partial charge in [-0.05, 0) is 33.6 Å². The molecule has 1 amide bonds. The molecule has 0 aromatic rings. The number of nitrogens with zero attached hydrogens (tertiary/aromatic N) is 2. The molecule has 1 heterocycles. The molecule has 0 unspecified atom stereocenters. The van der Waals surface area contributed by atoms with E-state index in [1.54, 1.807) is 20.8 Å². The van der Waals surface area contributed by atoms with E-state index in [2.05, 4.69) is 0 Å². The number of carbonyl (C=O) groups excluding carboxylic acids is 1. The molecule has 0 radical (unpaired) electrons. The van der Waals surface area contributed by atoms with Crippen molar-refractivity contribution in [3.63, 3.8) is 0 Å². The van der Waals surface area contributed by atoms with Crippen LogP contribution in [0.25, 0.3) is 0 Å². The van der Waals surface area contributed by atoms with Gasteiger partial charge in [0.15, 0.2) is 0 Å². The predicted octanol–water partition coefficient (Wildman–Crippen LogP) is 0.139. The minimum Gasteiger partial charge on any atom is -0.480 e. The summed E-state index contributed by atoms with van der Waals surface area (Å²) in [5.74, 6) is -1.43. The summed E-state index contributed by atoms with van der Waals surface area (Å²) >= 11 is 0. The first kappa shape index (κ1) is 19.9. The Morgan fingerprint density at radius 3 is 2.30 bits per heavy atom. The molecule has 9 heteroatoms. The predicted molar refractivity (Wildman–Crippen MR) is 84.5 cm³/mol. The number of sulfonamides is 1. The Labute approximate surface area is 137 Å². The van der Waals surface area contributed by atoms with Crippen LogP contribution in [0.3, 0.4) is 0 Å². The van der Waals surface area contributed by atoms with E-state index >= 15 is 0 Å². The molecule has 0 bridgehead atoms. The maximum absolute atomic E-state index is 12.2. The van der Waals surface area contributed by atoms with Crippen LogP contribution in [0.15, 0.2) is 0 Å². The van der Waals surface area contributed by atoms with Gasteiger partial charge in [0.2, 0.25) is 15.9 Å². The lowest BCUT2D eigenvalue weighted by Crippen LogP contribution is -2.51. The van der Waals surface area contributed by atoms with Crippen molar-refractivity contribution < 1.29 is 27.9 Å². The standard InChI is InChI=1S/C14H26N2O6S/c1-4-23(20,21)15-7-5-12(6-8-15)16(9-14(18)19)13(17)10-22-11(2)3/h11-12H,4-10H2,1-3H3,(H,18,19). The normalized spacial score (nSPS) is 17.4. The fraction of sp³-hybridized carbons (Fsp3) is 0.857. The Morgan fingerprint density at radius 1 is 1.30 bits per heavy atom. The molecule has 0 spiro atoms. The molecule has 0 aliphatic carbocycles. The summed E-state index contributed by atoms with van der Waals surface area (Å²) in [6, 6.07) is -0.280. The van der Waals surface area contributed by atoms with Crippen LogP contribution in [0.1, 0.15) is 33.6 Å². The molecular weight excluding hydrogens is 324 g/mol. The van der Waals surface area contributed by atoms with Crippen molar-refractivity contribution in [3.05, 3.63) is 0 Å². The van der Waals surface area contributed by atoms with Gasteiger partial charge in [-0.1, -0.05) is 0 Å². The molecule has 134 valence electrons. The second-order valence-corrected chi connectivity index (χ2v) is 8.06. The highest BCUT2D eigenvalue weighted by Gasteiger charge is 2.32. The highest BCUT2D eigenvalue weighted by Crippen LogP contribution is 2.19. The molecule has 0 aromatic carbocycles. The Kier molecular flexibility index (Phi) is 7.43. The zero-order valence-electron chi connectivity index (χ0n) is 13.9. The quantitative estimate of drug-likeness (QED) is 0.668. The first-order chi connectivity index (χ1) is 10.7. The smallest absolute Gasteiger partial charge is 0.323 e. The van der Waals surface area contributed by atoms with Crippen LogP contribution in [-0.2, 0) is 24.3 Å². The number of ether oxygens (including phenoxy) is 1. The largest absolute Gasteiger partial charge is 0.480 e. The summed E-state index contributed by atoms with van der Waals surface area (Å²) in [6.07, 6.45) is 0.738. The first-order valence-corrected chi connectivity index (χ1v) is 9.39. The van der Waals surface area contributed by atoms with E-state index in [4.69, 9.17) is 9.84 Å². The van der Waals surface area contributed by atoms with Crippen molar-refractivity contribution in [2.45, 2.75) is 45.8 Å². The van der Waals surface area contributed by atoms with Gasteiger partial charge in [-0.2, -0.15) is 0 Å². The lowest BCUT2D eigenvalue weighted by atomic mass is 10.0. The van der Waals surface area contributed by atoms with Crippen LogP contribution in [0, 0.1) is 0 Å². The number of carbonyl (C=O) groups is 2. The first-order valence-electron chi connectivity index (χ1n) is 7.78. The molecular formula is C14H26N2O6S. The number of piperidine rings is 1. The highest BCUT2D eigenvalue weighted by atomic mass is 32.2. The molecule has 0 atom stereocenters. The molecule has 1 rings (SSSR count). The Morgan fingerprint density at radius 2 is 1.87 bits per heavy atom. The van der Waals surface area contributed by atoms with Crippen LogP contribution >= 0.6 is 0 Å². The van der Waals surface area contributed by atoms with Crippen molar-refractivity contribution in [3.8, 4) is 0 Å². The van der Waals surface area contributed by atoms with Crippen molar-refractivity contribution in [1.29, 1.82) is 0 Å². The average molecular weight is 350 g/mol. The minimum absolute atomic E-state index is 0.0394. The summed E-state index contributed by atoms with van der Waals surface area (Å²) < 4.78 is 30.4. The van der Waals surface area contributed by atoms with E-state index in [9.17, 15) is 18.0 Å². The maximum atomic E-state index is 12.2. The molecule has 1 aliphatic rings. The molecule has 23 heavy (non-hydrogen) atoms. The van der Waals surface area contributed by atoms with Crippen molar-refractivity contribution >= 4 is 21.9 Å². The minimum atomic E-state index is -3.25. The van der Waals surface area contributed by atoms with E-state index in [-0.39, 0.29) is 30.4 Å². The van der Waals surface area contributed by atoms with Crippen LogP contribution in [0.5, 0.6) is 0 Å². The Bertz CT molecular complexity index is 511. The van der Waals surface area contributed by atoms with Gasteiger partial charge in [-0.25, -0.2) is 12.7 Å². The van der Waals surface area contributed by atoms with E-state index in [0.717, 1.165) is 0 Å². The van der Waals surface area contributed by atoms with Crippen molar-refractivity contribution in [1.82, 2.24) is 9.21 Å². The molecule has 1 aliphatic heterocycles. The number of amides is 1. The number of hydrogen-bond acceptors (Lipinski definition) is 5. The average Bonchev–Trinajstić information content (AvgIpc) is 2.50. The van der Waals surface area contributed by atoms with Crippen LogP contribution in [0.4, 0.5) is 0 Å². The summed E-state index contributed by atoms with van der Waals surface area (Å²) in [7, 11) is -3.25. The van der Waals surface area contributed by atoms with E-state index in [0.29, 0.717) is 25.9 Å². The van der Waals surface area contributed by atoms with Crippen molar-refractivity contribution in [2.75, 3.05) is 32.0 Å². The third-order valence-corrected chi connectivity index (χ3v) is 5.67. The maximum Gasteiger partial charge on any atom is 0.323 e. The van der Waals surface area contributed by atoms with Crippen molar-refractivity contribution in [2.24, 2.45) is 0 Å². The fourth-order valence-electron chi connectivity index (χ4n) is 2.50. The summed E-state index contributed by atoms with van der Waals surface area (Å²) in [6.45, 7) is 5.21. The third kappa shape index (κ3) is 6.08. The van der Waals surface area contributed by atoms with Gasteiger partial charge in [0, 0.05) is 19.1 Å². The highest BCUT2D eigenvalue weighted by molar-refractivity contribution is 7.89. The zero-order chi connectivity index (χ0) is 17.6. The number of carboxylic acid groups (broad SMARTS) is 1. The van der Waals surface area contributed by atoms with Crippen LogP contribution in [-0.4, -0.2) is 78.7 Å². The van der Waals surface area contributed by atoms with Gasteiger partial charge in [0.25, 0.3) is 0 Å². The summed E-state index contributed by atoms with van der Waals surface area (Å²) in [5, 5.41) is 9.02. The Hall–Kier alpha value is -1.19. The number of carboxylic acids is 1. The van der Waals surface area contributed by atoms with E-state index < -0.39 is 22.5 Å². The summed E-state index contributed by atoms with van der Waals surface area (Å²) in [5.41, 5.74) is 0. The van der Waals surface area contributed by atoms with Crippen LogP contribution < -0.4 is 0 Å². The lowest BCUT2D eigenvalue weighted by molar-refractivity contribution is -0.150. The van der Waals surface area contributed by atoms with Gasteiger partial charge in [0.1, 0.15) is 13.2 Å². The molecule has 1 saturated heterocycles. The summed E-state index contributed by atoms with van der Waals surface area (Å²) in [4.78, 5) is 24.5. The molecule has 0 aromatic heterocycles. The number of hydrogen-bond donors (Lipinski definition) is 1. The molecule has 1 fully saturated rings. The number of aliphatic carboxylic acids is 1. The Balaban J connectivity index is 2.70.